The summed E-state index contributed by atoms with van der Waals surface area (Å²) in [7, 11) is 0. The summed E-state index contributed by atoms with van der Waals surface area (Å²) < 4.78 is 2.27. The lowest BCUT2D eigenvalue weighted by atomic mass is 9.92. The minimum Gasteiger partial charge on any atom is -0.308 e. The van der Waals surface area contributed by atoms with Gasteiger partial charge in [-0.1, -0.05) is 133 Å². The number of hydrogen-bond donors (Lipinski definition) is 0. The highest BCUT2D eigenvalue weighted by atomic mass is 15.0. The predicted octanol–water partition coefficient (Wildman–Crippen LogP) is 12.8. The van der Waals surface area contributed by atoms with Crippen LogP contribution in [0, 0.1) is 22.7 Å². The van der Waals surface area contributed by atoms with Crippen LogP contribution < -0.4 is 0 Å². The molecule has 7 aromatic carbocycles. The summed E-state index contributed by atoms with van der Waals surface area (Å²) in [5.74, 6) is 1.73. The Balaban J connectivity index is 1.26. The van der Waals surface area contributed by atoms with Crippen LogP contribution in [0.25, 0.3) is 89.5 Å². The Labute approximate surface area is 342 Å². The van der Waals surface area contributed by atoms with Gasteiger partial charge >= 0.3 is 0 Å². The fourth-order valence-corrected chi connectivity index (χ4v) is 8.07. The zero-order valence-corrected chi connectivity index (χ0v) is 31.9. The van der Waals surface area contributed by atoms with Crippen molar-refractivity contribution in [2.75, 3.05) is 0 Å². The Bertz CT molecular complexity index is 3070. The van der Waals surface area contributed by atoms with Gasteiger partial charge in [-0.05, 0) is 83.6 Å². The van der Waals surface area contributed by atoms with Crippen LogP contribution in [0.5, 0.6) is 0 Å². The van der Waals surface area contributed by atoms with Crippen LogP contribution in [0.1, 0.15) is 29.5 Å². The molecule has 2 heterocycles. The zero-order chi connectivity index (χ0) is 39.7. The van der Waals surface area contributed by atoms with Gasteiger partial charge in [0, 0.05) is 38.6 Å². The lowest BCUT2D eigenvalue weighted by Crippen LogP contribution is -2.04. The molecule has 0 spiro atoms. The number of benzene rings is 7. The highest BCUT2D eigenvalue weighted by molar-refractivity contribution is 6.11. The molecule has 10 rings (SSSR count). The molecule has 9 aromatic rings. The third-order valence-electron chi connectivity index (χ3n) is 10.9. The van der Waals surface area contributed by atoms with E-state index >= 15 is 0 Å². The molecule has 276 valence electrons. The van der Waals surface area contributed by atoms with Crippen LogP contribution in [-0.4, -0.2) is 19.5 Å². The Morgan fingerprint density at radius 1 is 0.441 bits per heavy atom. The minimum absolute atomic E-state index is 0.552. The third kappa shape index (κ3) is 6.55. The van der Waals surface area contributed by atoms with Crippen LogP contribution in [0.2, 0.25) is 0 Å². The lowest BCUT2D eigenvalue weighted by molar-refractivity contribution is 1.04. The van der Waals surface area contributed by atoms with Gasteiger partial charge < -0.3 is 4.57 Å². The van der Waals surface area contributed by atoms with Crippen LogP contribution in [0.4, 0.5) is 0 Å². The summed E-state index contributed by atoms with van der Waals surface area (Å²) in [4.78, 5) is 15.5. The predicted molar refractivity (Wildman–Crippen MR) is 237 cm³/mol. The van der Waals surface area contributed by atoms with Crippen molar-refractivity contribution in [1.82, 2.24) is 19.5 Å². The molecule has 0 radical (unpaired) electrons. The average molecular weight is 755 g/mol. The van der Waals surface area contributed by atoms with E-state index in [0.717, 1.165) is 84.8 Å². The van der Waals surface area contributed by atoms with Crippen molar-refractivity contribution in [1.29, 1.82) is 10.5 Å². The summed E-state index contributed by atoms with van der Waals surface area (Å²) in [5.41, 5.74) is 12.9. The molecule has 0 atom stereocenters. The Kier molecular flexibility index (Phi) is 8.99. The van der Waals surface area contributed by atoms with Crippen LogP contribution in [0.15, 0.2) is 182 Å². The second-order valence-corrected chi connectivity index (χ2v) is 14.6. The second-order valence-electron chi connectivity index (χ2n) is 14.6. The maximum Gasteiger partial charge on any atom is 0.164 e. The number of rotatable bonds is 7. The van der Waals surface area contributed by atoms with E-state index < -0.39 is 0 Å². The average Bonchev–Trinajstić information content (AvgIpc) is 3.64. The van der Waals surface area contributed by atoms with Crippen molar-refractivity contribution >= 4 is 27.4 Å². The van der Waals surface area contributed by atoms with Gasteiger partial charge in [0.05, 0.1) is 40.0 Å². The van der Waals surface area contributed by atoms with Crippen LogP contribution in [-0.2, 0) is 0 Å². The van der Waals surface area contributed by atoms with Crippen LogP contribution >= 0.6 is 0 Å². The smallest absolute Gasteiger partial charge is 0.164 e. The number of hydrogen-bond acceptors (Lipinski definition) is 5. The molecule has 0 fully saturated rings. The Morgan fingerprint density at radius 3 is 1.37 bits per heavy atom. The van der Waals surface area contributed by atoms with Gasteiger partial charge in [0.25, 0.3) is 0 Å². The summed E-state index contributed by atoms with van der Waals surface area (Å²) in [6, 6.07) is 59.8. The van der Waals surface area contributed by atoms with Gasteiger partial charge in [0.2, 0.25) is 0 Å². The highest BCUT2D eigenvalue weighted by Crippen LogP contribution is 2.44. The molecule has 0 saturated carbocycles. The largest absolute Gasteiger partial charge is 0.308 e. The van der Waals surface area contributed by atoms with Crippen molar-refractivity contribution in [3.63, 3.8) is 0 Å². The van der Waals surface area contributed by atoms with Gasteiger partial charge in [-0.15, -0.1) is 0 Å². The summed E-state index contributed by atoms with van der Waals surface area (Å²) in [5, 5.41) is 21.7. The second kappa shape index (κ2) is 15.0. The molecule has 59 heavy (non-hydrogen) atoms. The van der Waals surface area contributed by atoms with Crippen molar-refractivity contribution in [3.05, 3.63) is 199 Å². The van der Waals surface area contributed by atoms with Gasteiger partial charge in [0.15, 0.2) is 17.5 Å². The molecular weight excluding hydrogens is 721 g/mol. The molecule has 1 aliphatic carbocycles. The fraction of sp³-hybridized carbons (Fsp3) is 0.0377. The molecule has 6 nitrogen and oxygen atoms in total. The topological polar surface area (TPSA) is 91.2 Å². The third-order valence-corrected chi connectivity index (χ3v) is 10.9. The van der Waals surface area contributed by atoms with Gasteiger partial charge in [0.1, 0.15) is 0 Å². The van der Waals surface area contributed by atoms with Crippen molar-refractivity contribution < 1.29 is 0 Å². The van der Waals surface area contributed by atoms with E-state index in [2.05, 4.69) is 120 Å². The normalized spacial score (nSPS) is 12.3. The maximum absolute atomic E-state index is 9.94. The minimum atomic E-state index is 0.552. The summed E-state index contributed by atoms with van der Waals surface area (Å²) in [6.45, 7) is 0. The molecule has 2 aromatic heterocycles. The summed E-state index contributed by atoms with van der Waals surface area (Å²) in [6.07, 6.45) is 8.82. The van der Waals surface area contributed by atoms with E-state index in [1.54, 1.807) is 0 Å². The van der Waals surface area contributed by atoms with Crippen molar-refractivity contribution in [2.45, 2.75) is 12.8 Å². The molecule has 0 saturated heterocycles. The highest BCUT2D eigenvalue weighted by Gasteiger charge is 2.23. The maximum atomic E-state index is 9.94. The van der Waals surface area contributed by atoms with Gasteiger partial charge in [-0.3, -0.25) is 0 Å². The lowest BCUT2D eigenvalue weighted by Gasteiger charge is -2.21. The van der Waals surface area contributed by atoms with Crippen molar-refractivity contribution in [2.24, 2.45) is 0 Å². The number of aromatic nitrogens is 4. The fourth-order valence-electron chi connectivity index (χ4n) is 8.07. The van der Waals surface area contributed by atoms with E-state index in [1.165, 1.54) is 5.57 Å². The van der Waals surface area contributed by atoms with E-state index in [9.17, 15) is 10.5 Å². The van der Waals surface area contributed by atoms with E-state index in [1.807, 2.05) is 78.9 Å². The number of nitrogens with zero attached hydrogens (tertiary/aromatic N) is 6. The first-order chi connectivity index (χ1) is 29.1. The summed E-state index contributed by atoms with van der Waals surface area (Å²) >= 11 is 0. The monoisotopic (exact) mass is 754 g/mol. The Hall–Kier alpha value is -8.19. The SMILES string of the molecule is N#Cc1ccc2c(c1)c1cc(C#N)ccc1n2-c1c(-c2ccccc2)cc(-c2nc(-c3ccccc3)nc(-c3ccc(C4=CCCC=C4)cc3)n2)cc1-c1ccccc1. The standard InChI is InChI=1S/C53H34N6/c54-33-35-21-27-48-46(29-35)47-30-36(34-55)22-28-49(47)59(48)50-44(39-15-7-2-8-16-39)31-43(32-45(50)40-17-9-3-10-18-40)53-57-51(41-19-11-4-12-20-41)56-52(58-53)42-25-23-38(24-26-42)37-13-5-1-6-14-37/h2-5,7-32H,1,6H2. The Morgan fingerprint density at radius 2 is 0.898 bits per heavy atom. The van der Waals surface area contributed by atoms with Crippen LogP contribution in [0.3, 0.4) is 0 Å². The molecule has 0 amide bonds. The van der Waals surface area contributed by atoms with Gasteiger partial charge in [-0.2, -0.15) is 10.5 Å². The van der Waals surface area contributed by atoms with E-state index in [4.69, 9.17) is 15.0 Å². The molecule has 1 aliphatic rings. The van der Waals surface area contributed by atoms with E-state index in [-0.39, 0.29) is 0 Å². The molecule has 0 unspecified atom stereocenters. The van der Waals surface area contributed by atoms with Gasteiger partial charge in [-0.25, -0.2) is 15.0 Å². The number of nitriles is 2. The quantitative estimate of drug-likeness (QED) is 0.162. The first kappa shape index (κ1) is 35.2. The van der Waals surface area contributed by atoms with Crippen molar-refractivity contribution in [3.8, 4) is 74.2 Å². The molecule has 6 heteroatoms. The number of fused-ring (bicyclic) bond motifs is 3. The zero-order valence-electron chi connectivity index (χ0n) is 31.9. The molecular formula is C53H34N6. The first-order valence-corrected chi connectivity index (χ1v) is 19.6. The number of allylic oxidation sites excluding steroid dienone is 4. The first-order valence-electron chi connectivity index (χ1n) is 19.6. The molecule has 0 N–H and O–H groups in total. The molecule has 0 aliphatic heterocycles. The van der Waals surface area contributed by atoms with E-state index in [0.29, 0.717) is 28.6 Å². The molecule has 0 bridgehead atoms.